The number of nitrogens with two attached hydrogens (primary N) is 1. The van der Waals surface area contributed by atoms with Gasteiger partial charge in [-0.1, -0.05) is 37.3 Å². The Morgan fingerprint density at radius 2 is 2.24 bits per heavy atom. The number of benzene rings is 1. The first kappa shape index (κ1) is 11.6. The van der Waals surface area contributed by atoms with Crippen LogP contribution in [0.2, 0.25) is 0 Å². The SMILES string of the molecule is CCCC(N)C#Cc1cccc2cnccc12. The molecule has 0 spiro atoms. The minimum Gasteiger partial charge on any atom is -0.318 e. The van der Waals surface area contributed by atoms with Crippen molar-refractivity contribution in [2.45, 2.75) is 25.8 Å². The maximum Gasteiger partial charge on any atom is 0.0668 e. The van der Waals surface area contributed by atoms with E-state index in [2.05, 4.69) is 23.7 Å². The van der Waals surface area contributed by atoms with E-state index in [4.69, 9.17) is 5.73 Å². The molecule has 0 saturated carbocycles. The maximum atomic E-state index is 5.89. The molecule has 0 fully saturated rings. The van der Waals surface area contributed by atoms with Crippen molar-refractivity contribution in [3.8, 4) is 11.8 Å². The van der Waals surface area contributed by atoms with Crippen LogP contribution >= 0.6 is 0 Å². The summed E-state index contributed by atoms with van der Waals surface area (Å²) < 4.78 is 0. The van der Waals surface area contributed by atoms with E-state index in [1.54, 1.807) is 6.20 Å². The molecule has 2 aromatic rings. The topological polar surface area (TPSA) is 38.9 Å². The third-order valence-corrected chi connectivity index (χ3v) is 2.67. The van der Waals surface area contributed by atoms with E-state index in [0.29, 0.717) is 0 Å². The summed E-state index contributed by atoms with van der Waals surface area (Å²) in [7, 11) is 0. The molecule has 2 rings (SSSR count). The van der Waals surface area contributed by atoms with E-state index >= 15 is 0 Å². The van der Waals surface area contributed by atoms with Crippen LogP contribution in [0.4, 0.5) is 0 Å². The molecule has 2 nitrogen and oxygen atoms in total. The molecular formula is C15H16N2. The van der Waals surface area contributed by atoms with Crippen molar-refractivity contribution in [2.75, 3.05) is 0 Å². The Morgan fingerprint density at radius 1 is 1.35 bits per heavy atom. The van der Waals surface area contributed by atoms with Crippen molar-refractivity contribution < 1.29 is 0 Å². The summed E-state index contributed by atoms with van der Waals surface area (Å²) in [6.45, 7) is 2.12. The number of nitrogens with zero attached hydrogens (tertiary/aromatic N) is 1. The lowest BCUT2D eigenvalue weighted by molar-refractivity contribution is 0.720. The van der Waals surface area contributed by atoms with Crippen molar-refractivity contribution in [2.24, 2.45) is 5.73 Å². The summed E-state index contributed by atoms with van der Waals surface area (Å²) in [5, 5.41) is 2.25. The Balaban J connectivity index is 2.36. The summed E-state index contributed by atoms with van der Waals surface area (Å²) in [5.41, 5.74) is 6.91. The van der Waals surface area contributed by atoms with Crippen LogP contribution in [0.25, 0.3) is 10.8 Å². The fraction of sp³-hybridized carbons (Fsp3) is 0.267. The fourth-order valence-electron chi connectivity index (χ4n) is 1.79. The summed E-state index contributed by atoms with van der Waals surface area (Å²) in [6.07, 6.45) is 5.65. The zero-order valence-electron chi connectivity index (χ0n) is 9.98. The highest BCUT2D eigenvalue weighted by atomic mass is 14.6. The van der Waals surface area contributed by atoms with Gasteiger partial charge in [-0.3, -0.25) is 4.98 Å². The van der Waals surface area contributed by atoms with Crippen molar-refractivity contribution in [3.05, 3.63) is 42.2 Å². The van der Waals surface area contributed by atoms with Crippen LogP contribution < -0.4 is 5.73 Å². The third kappa shape index (κ3) is 2.83. The number of fused-ring (bicyclic) bond motifs is 1. The number of rotatable bonds is 2. The van der Waals surface area contributed by atoms with Crippen molar-refractivity contribution >= 4 is 10.8 Å². The lowest BCUT2D eigenvalue weighted by Gasteiger charge is -2.01. The second-order valence-corrected chi connectivity index (χ2v) is 4.07. The van der Waals surface area contributed by atoms with Gasteiger partial charge in [0.05, 0.1) is 6.04 Å². The van der Waals surface area contributed by atoms with Crippen LogP contribution in [0.3, 0.4) is 0 Å². The van der Waals surface area contributed by atoms with Gasteiger partial charge in [0, 0.05) is 28.7 Å². The highest BCUT2D eigenvalue weighted by molar-refractivity contribution is 5.87. The molecule has 0 radical (unpaired) electrons. The highest BCUT2D eigenvalue weighted by Crippen LogP contribution is 2.16. The lowest BCUT2D eigenvalue weighted by Crippen LogP contribution is -2.16. The Bertz CT molecular complexity index is 558. The number of aromatic nitrogens is 1. The molecule has 0 saturated heterocycles. The molecule has 0 bridgehead atoms. The monoisotopic (exact) mass is 224 g/mol. The minimum absolute atomic E-state index is 0.0305. The average Bonchev–Trinajstić information content (AvgIpc) is 2.36. The minimum atomic E-state index is -0.0305. The molecule has 86 valence electrons. The predicted octanol–water partition coefficient (Wildman–Crippen LogP) is 2.71. The van der Waals surface area contributed by atoms with Crippen LogP contribution in [0, 0.1) is 11.8 Å². The van der Waals surface area contributed by atoms with E-state index in [-0.39, 0.29) is 6.04 Å². The van der Waals surface area contributed by atoms with Gasteiger partial charge in [0.2, 0.25) is 0 Å². The van der Waals surface area contributed by atoms with Crippen LogP contribution in [-0.2, 0) is 0 Å². The van der Waals surface area contributed by atoms with Gasteiger partial charge in [-0.15, -0.1) is 0 Å². The third-order valence-electron chi connectivity index (χ3n) is 2.67. The molecule has 0 aliphatic rings. The maximum absolute atomic E-state index is 5.89. The Labute approximate surface area is 102 Å². The molecule has 0 aliphatic heterocycles. The van der Waals surface area contributed by atoms with Gasteiger partial charge in [0.25, 0.3) is 0 Å². The molecule has 0 amide bonds. The summed E-state index contributed by atoms with van der Waals surface area (Å²) in [4.78, 5) is 4.11. The van der Waals surface area contributed by atoms with E-state index < -0.39 is 0 Å². The molecule has 1 atom stereocenters. The molecule has 2 N–H and O–H groups in total. The average molecular weight is 224 g/mol. The van der Waals surface area contributed by atoms with Crippen LogP contribution in [0.1, 0.15) is 25.3 Å². The molecular weight excluding hydrogens is 208 g/mol. The van der Waals surface area contributed by atoms with Gasteiger partial charge >= 0.3 is 0 Å². The first-order valence-corrected chi connectivity index (χ1v) is 5.91. The van der Waals surface area contributed by atoms with E-state index in [1.165, 1.54) is 0 Å². The van der Waals surface area contributed by atoms with Crippen LogP contribution in [0.15, 0.2) is 36.7 Å². The van der Waals surface area contributed by atoms with Gasteiger partial charge in [0.15, 0.2) is 0 Å². The number of hydrogen-bond acceptors (Lipinski definition) is 2. The van der Waals surface area contributed by atoms with Crippen molar-refractivity contribution in [3.63, 3.8) is 0 Å². The zero-order valence-corrected chi connectivity index (χ0v) is 9.98. The zero-order chi connectivity index (χ0) is 12.1. The molecule has 1 aromatic heterocycles. The van der Waals surface area contributed by atoms with E-state index in [1.807, 2.05) is 30.5 Å². The standard InChI is InChI=1S/C15H16N2/c1-2-4-14(16)8-7-12-5-3-6-13-11-17-10-9-15(12)13/h3,5-6,9-11,14H,2,4,16H2,1H3. The normalized spacial score (nSPS) is 11.9. The molecule has 0 aliphatic carbocycles. The van der Waals surface area contributed by atoms with Crippen molar-refractivity contribution in [1.29, 1.82) is 0 Å². The van der Waals surface area contributed by atoms with Crippen molar-refractivity contribution in [1.82, 2.24) is 4.98 Å². The first-order chi connectivity index (χ1) is 8.31. The Morgan fingerprint density at radius 3 is 3.06 bits per heavy atom. The summed E-state index contributed by atoms with van der Waals surface area (Å²) >= 11 is 0. The van der Waals surface area contributed by atoms with Gasteiger partial charge in [-0.25, -0.2) is 0 Å². The number of pyridine rings is 1. The van der Waals surface area contributed by atoms with Crippen LogP contribution in [-0.4, -0.2) is 11.0 Å². The van der Waals surface area contributed by atoms with Gasteiger partial charge in [0.1, 0.15) is 0 Å². The largest absolute Gasteiger partial charge is 0.318 e. The lowest BCUT2D eigenvalue weighted by atomic mass is 10.1. The molecule has 1 aromatic carbocycles. The second kappa shape index (κ2) is 5.47. The molecule has 17 heavy (non-hydrogen) atoms. The Hall–Kier alpha value is -1.85. The molecule has 1 unspecified atom stereocenters. The predicted molar refractivity (Wildman–Crippen MR) is 71.5 cm³/mol. The number of hydrogen-bond donors (Lipinski definition) is 1. The van der Waals surface area contributed by atoms with Gasteiger partial charge < -0.3 is 5.73 Å². The highest BCUT2D eigenvalue weighted by Gasteiger charge is 1.98. The van der Waals surface area contributed by atoms with E-state index in [0.717, 1.165) is 29.2 Å². The smallest absolute Gasteiger partial charge is 0.0668 e. The summed E-state index contributed by atoms with van der Waals surface area (Å²) in [6, 6.07) is 8.02. The quantitative estimate of drug-likeness (QED) is 0.797. The van der Waals surface area contributed by atoms with Gasteiger partial charge in [-0.2, -0.15) is 0 Å². The van der Waals surface area contributed by atoms with Crippen LogP contribution in [0.5, 0.6) is 0 Å². The Kier molecular flexibility index (Phi) is 3.74. The fourth-order valence-corrected chi connectivity index (χ4v) is 1.79. The first-order valence-electron chi connectivity index (χ1n) is 5.91. The molecule has 1 heterocycles. The molecule has 2 heteroatoms. The van der Waals surface area contributed by atoms with E-state index in [9.17, 15) is 0 Å². The van der Waals surface area contributed by atoms with Gasteiger partial charge in [-0.05, 0) is 18.6 Å². The second-order valence-electron chi connectivity index (χ2n) is 4.07. The summed E-state index contributed by atoms with van der Waals surface area (Å²) in [5.74, 6) is 6.27.